The van der Waals surface area contributed by atoms with Crippen molar-refractivity contribution in [1.29, 1.82) is 0 Å². The quantitative estimate of drug-likeness (QED) is 0.684. The average molecular weight is 301 g/mol. The molecule has 0 aliphatic rings. The molecule has 0 saturated heterocycles. The van der Waals surface area contributed by atoms with Crippen molar-refractivity contribution < 1.29 is 23.2 Å². The molecule has 0 spiro atoms. The number of rotatable bonds is 3. The Labute approximate surface area is 118 Å². The molecule has 6 nitrogen and oxygen atoms in total. The zero-order chi connectivity index (χ0) is 15.6. The van der Waals surface area contributed by atoms with E-state index < -0.39 is 26.9 Å². The van der Waals surface area contributed by atoms with Crippen molar-refractivity contribution in [3.63, 3.8) is 0 Å². The minimum Gasteiger partial charge on any atom is -0.442 e. The predicted molar refractivity (Wildman–Crippen MR) is 72.9 cm³/mol. The molecule has 0 heterocycles. The number of amides is 1. The van der Waals surface area contributed by atoms with E-state index in [0.717, 1.165) is 0 Å². The molecular formula is C13H19NO5S. The summed E-state index contributed by atoms with van der Waals surface area (Å²) in [6, 6.07) is 7.60. The third-order valence-electron chi connectivity index (χ3n) is 2.45. The van der Waals surface area contributed by atoms with Crippen LogP contribution in [0.2, 0.25) is 0 Å². The molecule has 1 aromatic carbocycles. The maximum Gasteiger partial charge on any atom is 0.435 e. The Bertz CT molecular complexity index is 562. The number of benzene rings is 1. The van der Waals surface area contributed by atoms with Gasteiger partial charge in [-0.15, -0.1) is 0 Å². The van der Waals surface area contributed by atoms with Gasteiger partial charge >= 0.3 is 6.09 Å². The van der Waals surface area contributed by atoms with Gasteiger partial charge in [-0.25, -0.2) is 13.2 Å². The molecule has 1 unspecified atom stereocenters. The van der Waals surface area contributed by atoms with Crippen LogP contribution in [0.5, 0.6) is 0 Å². The minimum atomic E-state index is -3.86. The molecule has 20 heavy (non-hydrogen) atoms. The largest absolute Gasteiger partial charge is 0.442 e. The zero-order valence-corrected chi connectivity index (χ0v) is 12.7. The lowest BCUT2D eigenvalue weighted by Crippen LogP contribution is -2.43. The van der Waals surface area contributed by atoms with Crippen molar-refractivity contribution >= 4 is 15.9 Å². The molecule has 1 N–H and O–H groups in total. The van der Waals surface area contributed by atoms with E-state index in [1.807, 2.05) is 0 Å². The number of hydroxylamine groups is 2. The van der Waals surface area contributed by atoms with Gasteiger partial charge in [0.15, 0.2) is 5.37 Å². The molecule has 1 atom stereocenters. The summed E-state index contributed by atoms with van der Waals surface area (Å²) in [5, 5.41) is 8.37. The number of ether oxygens (including phenoxy) is 1. The fourth-order valence-corrected chi connectivity index (χ4v) is 2.68. The summed E-state index contributed by atoms with van der Waals surface area (Å²) < 4.78 is 29.4. The third kappa shape index (κ3) is 3.94. The first-order valence-electron chi connectivity index (χ1n) is 6.06. The van der Waals surface area contributed by atoms with Crippen LogP contribution in [0.1, 0.15) is 27.7 Å². The summed E-state index contributed by atoms with van der Waals surface area (Å²) in [6.45, 7) is 6.07. The molecule has 1 rings (SSSR count). The van der Waals surface area contributed by atoms with Gasteiger partial charge in [0, 0.05) is 0 Å². The zero-order valence-electron chi connectivity index (χ0n) is 11.9. The Hall–Kier alpha value is -1.60. The van der Waals surface area contributed by atoms with Crippen LogP contribution in [-0.4, -0.2) is 35.8 Å². The topological polar surface area (TPSA) is 83.9 Å². The first-order valence-corrected chi connectivity index (χ1v) is 7.60. The van der Waals surface area contributed by atoms with E-state index >= 15 is 0 Å². The first kappa shape index (κ1) is 16.5. The Balaban J connectivity index is 2.94. The second-order valence-corrected chi connectivity index (χ2v) is 7.53. The molecular weight excluding hydrogens is 282 g/mol. The second-order valence-electron chi connectivity index (χ2n) is 5.28. The summed E-state index contributed by atoms with van der Waals surface area (Å²) in [7, 11) is -3.86. The van der Waals surface area contributed by atoms with E-state index in [0.29, 0.717) is 0 Å². The molecule has 112 valence electrons. The average Bonchev–Trinajstić information content (AvgIpc) is 2.36. The highest BCUT2D eigenvalue weighted by Gasteiger charge is 2.34. The van der Waals surface area contributed by atoms with Crippen LogP contribution in [0.25, 0.3) is 0 Å². The molecule has 0 bridgehead atoms. The SMILES string of the molecule is CC(N(O)C(=O)OC(C)(C)C)S(=O)(=O)c1ccccc1. The van der Waals surface area contributed by atoms with Crippen LogP contribution in [0.3, 0.4) is 0 Å². The van der Waals surface area contributed by atoms with Crippen molar-refractivity contribution in [3.8, 4) is 0 Å². The normalized spacial score (nSPS) is 13.7. The smallest absolute Gasteiger partial charge is 0.435 e. The number of sulfone groups is 1. The van der Waals surface area contributed by atoms with Crippen molar-refractivity contribution in [3.05, 3.63) is 30.3 Å². The van der Waals surface area contributed by atoms with Crippen LogP contribution < -0.4 is 0 Å². The second kappa shape index (κ2) is 5.80. The van der Waals surface area contributed by atoms with Crippen molar-refractivity contribution in [2.45, 2.75) is 43.6 Å². The van der Waals surface area contributed by atoms with E-state index in [2.05, 4.69) is 0 Å². The van der Waals surface area contributed by atoms with Gasteiger partial charge in [0.25, 0.3) is 0 Å². The fourth-order valence-electron chi connectivity index (χ4n) is 1.40. The van der Waals surface area contributed by atoms with Gasteiger partial charge in [-0.2, -0.15) is 5.06 Å². The Morgan fingerprint density at radius 3 is 2.20 bits per heavy atom. The lowest BCUT2D eigenvalue weighted by molar-refractivity contribution is -0.0996. The summed E-state index contributed by atoms with van der Waals surface area (Å²) >= 11 is 0. The number of hydrogen-bond acceptors (Lipinski definition) is 5. The molecule has 0 aliphatic carbocycles. The van der Waals surface area contributed by atoms with E-state index in [1.165, 1.54) is 19.1 Å². The maximum atomic E-state index is 12.2. The fraction of sp³-hybridized carbons (Fsp3) is 0.462. The van der Waals surface area contributed by atoms with Gasteiger partial charge in [-0.1, -0.05) is 18.2 Å². The van der Waals surface area contributed by atoms with Gasteiger partial charge in [0.1, 0.15) is 5.60 Å². The van der Waals surface area contributed by atoms with Gasteiger partial charge in [0.2, 0.25) is 9.84 Å². The molecule has 0 aromatic heterocycles. The summed E-state index contributed by atoms with van der Waals surface area (Å²) in [5.41, 5.74) is -0.825. The maximum absolute atomic E-state index is 12.2. The summed E-state index contributed by atoms with van der Waals surface area (Å²) in [6.07, 6.45) is -1.11. The predicted octanol–water partition coefficient (Wildman–Crippen LogP) is 2.43. The Morgan fingerprint density at radius 2 is 1.75 bits per heavy atom. The molecule has 7 heteroatoms. The number of hydrogen-bond donors (Lipinski definition) is 1. The Kier molecular flexibility index (Phi) is 4.77. The number of carbonyl (C=O) groups is 1. The van der Waals surface area contributed by atoms with Crippen molar-refractivity contribution in [1.82, 2.24) is 5.06 Å². The van der Waals surface area contributed by atoms with Crippen molar-refractivity contribution in [2.24, 2.45) is 0 Å². The van der Waals surface area contributed by atoms with Gasteiger partial charge in [0.05, 0.1) is 4.90 Å². The third-order valence-corrected chi connectivity index (χ3v) is 4.47. The van der Waals surface area contributed by atoms with Crippen LogP contribution >= 0.6 is 0 Å². The minimum absolute atomic E-state index is 0.0232. The first-order chi connectivity index (χ1) is 9.05. The Morgan fingerprint density at radius 1 is 1.25 bits per heavy atom. The summed E-state index contributed by atoms with van der Waals surface area (Å²) in [5.74, 6) is 0. The van der Waals surface area contributed by atoms with Gasteiger partial charge in [-0.05, 0) is 39.8 Å². The van der Waals surface area contributed by atoms with Crippen LogP contribution in [0, 0.1) is 0 Å². The monoisotopic (exact) mass is 301 g/mol. The van der Waals surface area contributed by atoms with Gasteiger partial charge < -0.3 is 4.74 Å². The number of carbonyl (C=O) groups excluding carboxylic acids is 1. The highest BCUT2D eigenvalue weighted by molar-refractivity contribution is 7.92. The van der Waals surface area contributed by atoms with E-state index in [4.69, 9.17) is 4.74 Å². The van der Waals surface area contributed by atoms with E-state index in [1.54, 1.807) is 39.0 Å². The molecule has 1 aromatic rings. The molecule has 0 aliphatic heterocycles. The van der Waals surface area contributed by atoms with E-state index in [-0.39, 0.29) is 9.96 Å². The lowest BCUT2D eigenvalue weighted by Gasteiger charge is -2.26. The molecule has 1 amide bonds. The van der Waals surface area contributed by atoms with Crippen molar-refractivity contribution in [2.75, 3.05) is 0 Å². The molecule has 0 saturated carbocycles. The molecule has 0 radical (unpaired) electrons. The lowest BCUT2D eigenvalue weighted by atomic mass is 10.2. The van der Waals surface area contributed by atoms with Crippen LogP contribution in [0.15, 0.2) is 35.2 Å². The summed E-state index contributed by atoms with van der Waals surface area (Å²) in [4.78, 5) is 11.7. The highest BCUT2D eigenvalue weighted by atomic mass is 32.2. The van der Waals surface area contributed by atoms with Gasteiger partial charge in [-0.3, -0.25) is 5.21 Å². The van der Waals surface area contributed by atoms with Crippen LogP contribution in [0.4, 0.5) is 4.79 Å². The van der Waals surface area contributed by atoms with E-state index in [9.17, 15) is 18.4 Å². The standard InChI is InChI=1S/C13H19NO5S/c1-10(14(16)12(15)19-13(2,3)4)20(17,18)11-8-6-5-7-9-11/h5-10,16H,1-4H3. The highest BCUT2D eigenvalue weighted by Crippen LogP contribution is 2.19. The number of nitrogens with zero attached hydrogens (tertiary/aromatic N) is 1. The molecule has 0 fully saturated rings. The van der Waals surface area contributed by atoms with Crippen LogP contribution in [-0.2, 0) is 14.6 Å².